The zero-order valence-electron chi connectivity index (χ0n) is 37.9. The second-order valence-corrected chi connectivity index (χ2v) is 19.2. The molecule has 0 bridgehead atoms. The first-order valence-electron chi connectivity index (χ1n) is 19.9. The van der Waals surface area contributed by atoms with E-state index >= 15 is 0 Å². The summed E-state index contributed by atoms with van der Waals surface area (Å²) in [5.74, 6) is -1.06. The average Bonchev–Trinajstić information content (AvgIpc) is 3.08. The molecule has 0 aliphatic carbocycles. The zero-order chi connectivity index (χ0) is 44.7. The Morgan fingerprint density at radius 3 is 1.53 bits per heavy atom. The van der Waals surface area contributed by atoms with E-state index in [1.165, 1.54) is 31.2 Å². The summed E-state index contributed by atoms with van der Waals surface area (Å²) in [6.07, 6.45) is 1.96. The second-order valence-electron chi connectivity index (χ2n) is 18.2. The number of carbonyl (C=O) groups is 4. The molecule has 2 aromatic carbocycles. The molecule has 11 heteroatoms. The van der Waals surface area contributed by atoms with E-state index in [-0.39, 0.29) is 40.9 Å². The van der Waals surface area contributed by atoms with Crippen LogP contribution in [-0.2, 0) is 18.9 Å². The Kier molecular flexibility index (Phi) is 21.5. The van der Waals surface area contributed by atoms with Crippen LogP contribution in [0.4, 0.5) is 0 Å². The normalized spacial score (nSPS) is 14.7. The van der Waals surface area contributed by atoms with E-state index in [9.17, 15) is 24.3 Å². The molecule has 0 aliphatic heterocycles. The van der Waals surface area contributed by atoms with E-state index in [1.807, 2.05) is 69.2 Å². The topological polar surface area (TPSA) is 146 Å². The number of aliphatic hydroxyl groups is 1. The number of carboxylic acid groups (broad SMARTS) is 1. The fourth-order valence-corrected chi connectivity index (χ4v) is 4.82. The number of hydrogen-bond donors (Lipinski definition) is 3. The van der Waals surface area contributed by atoms with Gasteiger partial charge in [0.25, 0.3) is 0 Å². The van der Waals surface area contributed by atoms with Gasteiger partial charge in [-0.25, -0.2) is 14.4 Å². The van der Waals surface area contributed by atoms with E-state index in [0.717, 1.165) is 12.8 Å². The number of benzene rings is 2. The monoisotopic (exact) mass is 819 g/mol. The summed E-state index contributed by atoms with van der Waals surface area (Å²) >= 11 is 4.81. The molecule has 2 rings (SSSR count). The van der Waals surface area contributed by atoms with E-state index < -0.39 is 33.5 Å². The van der Waals surface area contributed by atoms with Crippen LogP contribution in [-0.4, -0.2) is 80.4 Å². The Bertz CT molecular complexity index is 1510. The van der Waals surface area contributed by atoms with Gasteiger partial charge in [-0.2, -0.15) is 12.6 Å². The van der Waals surface area contributed by atoms with Gasteiger partial charge < -0.3 is 29.2 Å². The van der Waals surface area contributed by atoms with Gasteiger partial charge in [-0.1, -0.05) is 53.2 Å². The highest BCUT2D eigenvalue weighted by atomic mass is 32.1. The lowest BCUT2D eigenvalue weighted by molar-refractivity contribution is -0.116. The number of ketones is 1. The van der Waals surface area contributed by atoms with Crippen molar-refractivity contribution in [1.29, 1.82) is 0 Å². The van der Waals surface area contributed by atoms with Crippen LogP contribution in [0.3, 0.4) is 0 Å². The summed E-state index contributed by atoms with van der Waals surface area (Å²) in [4.78, 5) is 45.3. The summed E-state index contributed by atoms with van der Waals surface area (Å²) in [6, 6.07) is 12.2. The fraction of sp³-hybridized carbons (Fsp3) is 0.652. The van der Waals surface area contributed by atoms with E-state index in [2.05, 4.69) is 41.5 Å². The van der Waals surface area contributed by atoms with Crippen LogP contribution in [0.1, 0.15) is 172 Å². The lowest BCUT2D eigenvalue weighted by atomic mass is 9.90. The molecular weight excluding hydrogens is 745 g/mol. The maximum atomic E-state index is 12.2. The van der Waals surface area contributed by atoms with Crippen LogP contribution in [0, 0.1) is 17.8 Å². The van der Waals surface area contributed by atoms with Gasteiger partial charge in [0.1, 0.15) is 11.7 Å². The van der Waals surface area contributed by atoms with Crippen molar-refractivity contribution in [1.82, 2.24) is 0 Å². The standard InChI is InChI=1S/C19H28O4.C18H38O3S.C9H8O3/c1-12(2)13(3)14(4)22-17(20)15-8-10-16(11-9-15)18(21)23-19(5,6)7;1-10-11-15(3,4)21-13-18(9,22)17(7,8)20-12-14(2)16(5,6)19;1-6(10)7-2-4-8(5-3-7)9(11)12/h8-14H,1-7H3;14,19,22H,10-13H2,1-9H3;2-5H,1H3,(H,11,12). The Labute approximate surface area is 349 Å². The molecular formula is C46H74O10S. The van der Waals surface area contributed by atoms with Crippen LogP contribution < -0.4 is 0 Å². The maximum Gasteiger partial charge on any atom is 0.338 e. The van der Waals surface area contributed by atoms with Crippen molar-refractivity contribution in [3.05, 3.63) is 70.8 Å². The highest BCUT2D eigenvalue weighted by Gasteiger charge is 2.41. The van der Waals surface area contributed by atoms with Crippen LogP contribution in [0.5, 0.6) is 0 Å². The van der Waals surface area contributed by atoms with Gasteiger partial charge in [0.15, 0.2) is 5.78 Å². The lowest BCUT2D eigenvalue weighted by Gasteiger charge is -2.43. The number of esters is 2. The van der Waals surface area contributed by atoms with Crippen molar-refractivity contribution in [2.45, 2.75) is 164 Å². The number of Topliss-reactive ketones (excluding diaryl/α,β-unsaturated/α-hetero) is 1. The van der Waals surface area contributed by atoms with Crippen molar-refractivity contribution in [3.63, 3.8) is 0 Å². The minimum atomic E-state index is -0.981. The zero-order valence-corrected chi connectivity index (χ0v) is 38.8. The smallest absolute Gasteiger partial charge is 0.338 e. The van der Waals surface area contributed by atoms with Gasteiger partial charge in [-0.15, -0.1) is 0 Å². The predicted octanol–water partition coefficient (Wildman–Crippen LogP) is 10.5. The van der Waals surface area contributed by atoms with E-state index in [1.54, 1.807) is 24.3 Å². The first kappa shape index (κ1) is 53.8. The quantitative estimate of drug-likeness (QED) is 0.0801. The minimum absolute atomic E-state index is 0.0494. The molecule has 0 radical (unpaired) electrons. The van der Waals surface area contributed by atoms with Crippen molar-refractivity contribution in [2.24, 2.45) is 17.8 Å². The summed E-state index contributed by atoms with van der Waals surface area (Å²) in [7, 11) is 0. The lowest BCUT2D eigenvalue weighted by Crippen LogP contribution is -2.51. The van der Waals surface area contributed by atoms with Crippen molar-refractivity contribution >= 4 is 36.3 Å². The molecule has 10 nitrogen and oxygen atoms in total. The first-order chi connectivity index (χ1) is 25.8. The van der Waals surface area contributed by atoms with Gasteiger partial charge in [-0.05, 0) is 138 Å². The largest absolute Gasteiger partial charge is 0.478 e. The Hall–Kier alpha value is -3.25. The van der Waals surface area contributed by atoms with Gasteiger partial charge in [0, 0.05) is 11.5 Å². The van der Waals surface area contributed by atoms with Gasteiger partial charge in [0.05, 0.1) is 51.5 Å². The molecule has 2 N–H and O–H groups in total. The molecule has 0 amide bonds. The highest BCUT2D eigenvalue weighted by Crippen LogP contribution is 2.35. The molecule has 0 aromatic heterocycles. The number of aromatic carboxylic acids is 1. The molecule has 0 fully saturated rings. The molecule has 4 atom stereocenters. The molecule has 0 spiro atoms. The minimum Gasteiger partial charge on any atom is -0.478 e. The first-order valence-corrected chi connectivity index (χ1v) is 20.3. The summed E-state index contributed by atoms with van der Waals surface area (Å²) in [5.41, 5.74) is -0.326. The average molecular weight is 819 g/mol. The van der Waals surface area contributed by atoms with E-state index in [4.69, 9.17) is 36.7 Å². The number of carboxylic acids is 1. The summed E-state index contributed by atoms with van der Waals surface area (Å²) in [5, 5.41) is 18.6. The Morgan fingerprint density at radius 1 is 0.702 bits per heavy atom. The molecule has 0 saturated heterocycles. The second kappa shape index (κ2) is 22.8. The van der Waals surface area contributed by atoms with E-state index in [0.29, 0.717) is 35.8 Å². The predicted molar refractivity (Wildman–Crippen MR) is 232 cm³/mol. The number of hydrogen-bond acceptors (Lipinski definition) is 10. The third-order valence-electron chi connectivity index (χ3n) is 10.2. The molecule has 324 valence electrons. The third kappa shape index (κ3) is 20.3. The van der Waals surface area contributed by atoms with Crippen LogP contribution in [0.25, 0.3) is 0 Å². The summed E-state index contributed by atoms with van der Waals surface area (Å²) in [6.45, 7) is 34.2. The molecule has 57 heavy (non-hydrogen) atoms. The third-order valence-corrected chi connectivity index (χ3v) is 10.8. The number of ether oxygens (including phenoxy) is 4. The van der Waals surface area contributed by atoms with Gasteiger partial charge in [0.2, 0.25) is 0 Å². The molecule has 2 aromatic rings. The van der Waals surface area contributed by atoms with Crippen molar-refractivity contribution < 1.29 is 48.3 Å². The molecule has 0 aliphatic rings. The number of rotatable bonds is 17. The van der Waals surface area contributed by atoms with Gasteiger partial charge in [-0.3, -0.25) is 4.79 Å². The van der Waals surface area contributed by atoms with Crippen LogP contribution >= 0.6 is 12.6 Å². The fourth-order valence-electron chi connectivity index (χ4n) is 4.69. The Morgan fingerprint density at radius 2 is 1.14 bits per heavy atom. The summed E-state index contributed by atoms with van der Waals surface area (Å²) < 4.78 is 22.5. The number of carbonyl (C=O) groups excluding carboxylic acids is 3. The SMILES string of the molecule is CC(=O)c1ccc(C(=O)O)cc1.CC(C)C(C)C(C)OC(=O)c1ccc(C(=O)OC(C)(C)C)cc1.CCCC(C)(C)OCC(C)(S)C(C)(C)OCC(C)C(C)(C)O. The molecule has 0 saturated carbocycles. The molecule has 4 unspecified atom stereocenters. The number of thiol groups is 1. The van der Waals surface area contributed by atoms with Crippen LogP contribution in [0.2, 0.25) is 0 Å². The van der Waals surface area contributed by atoms with Crippen molar-refractivity contribution in [2.75, 3.05) is 13.2 Å². The van der Waals surface area contributed by atoms with Gasteiger partial charge >= 0.3 is 17.9 Å². The van der Waals surface area contributed by atoms with Crippen molar-refractivity contribution in [3.8, 4) is 0 Å². The van der Waals surface area contributed by atoms with Crippen LogP contribution in [0.15, 0.2) is 48.5 Å². The highest BCUT2D eigenvalue weighted by molar-refractivity contribution is 7.82. The Balaban J connectivity index is 0.000000864. The maximum absolute atomic E-state index is 12.2. The molecule has 0 heterocycles.